The third-order valence-corrected chi connectivity index (χ3v) is 6.24. The Hall–Kier alpha value is -1.45. The number of hydrogen-bond acceptors (Lipinski definition) is 7. The van der Waals surface area contributed by atoms with E-state index in [4.69, 9.17) is 11.5 Å². The second kappa shape index (κ2) is 13.1. The maximum atomic E-state index is 13.4. The van der Waals surface area contributed by atoms with Crippen LogP contribution in [0, 0.1) is 0 Å². The lowest BCUT2D eigenvalue weighted by molar-refractivity contribution is -0.155. The highest BCUT2D eigenvalue weighted by molar-refractivity contribution is 7.80. The highest BCUT2D eigenvalue weighted by Gasteiger charge is 2.46. The van der Waals surface area contributed by atoms with Gasteiger partial charge in [0.2, 0.25) is 11.8 Å². The number of thiol groups is 1. The van der Waals surface area contributed by atoms with Crippen molar-refractivity contribution in [2.24, 2.45) is 11.5 Å². The molecule has 1 saturated carbocycles. The molecule has 9 heteroatoms. The van der Waals surface area contributed by atoms with E-state index < -0.39 is 29.4 Å². The monoisotopic (exact) mass is 442 g/mol. The summed E-state index contributed by atoms with van der Waals surface area (Å²) in [4.78, 5) is 52.2. The summed E-state index contributed by atoms with van der Waals surface area (Å²) in [6.07, 6.45) is 7.39. The fraction of sp³-hybridized carbons (Fsp3) is 0.810. The van der Waals surface area contributed by atoms with Crippen LogP contribution in [0.3, 0.4) is 0 Å². The molecule has 0 spiro atoms. The molecule has 0 saturated heterocycles. The maximum Gasteiger partial charge on any atom is 0.246 e. The number of aldehydes is 1. The van der Waals surface area contributed by atoms with Gasteiger partial charge in [0.25, 0.3) is 0 Å². The van der Waals surface area contributed by atoms with Crippen molar-refractivity contribution in [3.05, 3.63) is 0 Å². The van der Waals surface area contributed by atoms with E-state index in [0.717, 1.165) is 44.9 Å². The Balaban J connectivity index is 3.09. The van der Waals surface area contributed by atoms with Gasteiger partial charge in [0.1, 0.15) is 6.04 Å². The van der Waals surface area contributed by atoms with Crippen molar-refractivity contribution in [1.29, 1.82) is 0 Å². The van der Waals surface area contributed by atoms with E-state index in [1.165, 1.54) is 11.8 Å². The smallest absolute Gasteiger partial charge is 0.246 e. The average molecular weight is 443 g/mol. The van der Waals surface area contributed by atoms with Crippen LogP contribution in [0.5, 0.6) is 0 Å². The van der Waals surface area contributed by atoms with Gasteiger partial charge in [-0.3, -0.25) is 14.4 Å². The Morgan fingerprint density at radius 2 is 1.83 bits per heavy atom. The van der Waals surface area contributed by atoms with E-state index >= 15 is 0 Å². The first-order chi connectivity index (χ1) is 14.2. The molecule has 2 amide bonds. The van der Waals surface area contributed by atoms with Crippen molar-refractivity contribution in [3.63, 3.8) is 0 Å². The first-order valence-corrected chi connectivity index (χ1v) is 11.6. The van der Waals surface area contributed by atoms with Gasteiger partial charge in [-0.05, 0) is 46.1 Å². The Labute approximate surface area is 185 Å². The average Bonchev–Trinajstić information content (AvgIpc) is 2.76. The van der Waals surface area contributed by atoms with Crippen LogP contribution >= 0.6 is 12.6 Å². The van der Waals surface area contributed by atoms with Gasteiger partial charge in [0.05, 0.1) is 6.04 Å². The second-order valence-electron chi connectivity index (χ2n) is 8.31. The molecule has 0 aromatic rings. The normalized spacial score (nSPS) is 18.7. The number of Topliss-reactive ketones (excluding diaryl/α,β-unsaturated/α-hetero) is 1. The highest BCUT2D eigenvalue weighted by atomic mass is 32.1. The van der Waals surface area contributed by atoms with E-state index in [1.54, 1.807) is 6.92 Å². The summed E-state index contributed by atoms with van der Waals surface area (Å²) in [6.45, 7) is 3.63. The Bertz CT molecular complexity index is 598. The van der Waals surface area contributed by atoms with Crippen molar-refractivity contribution >= 4 is 36.5 Å². The molecule has 30 heavy (non-hydrogen) atoms. The largest absolute Gasteiger partial charge is 0.343 e. The van der Waals surface area contributed by atoms with Crippen LogP contribution < -0.4 is 16.8 Å². The van der Waals surface area contributed by atoms with Crippen molar-refractivity contribution in [3.8, 4) is 0 Å². The van der Waals surface area contributed by atoms with Crippen molar-refractivity contribution in [1.82, 2.24) is 10.2 Å². The van der Waals surface area contributed by atoms with E-state index in [-0.39, 0.29) is 24.0 Å². The zero-order chi connectivity index (χ0) is 22.7. The molecule has 1 rings (SSSR count). The van der Waals surface area contributed by atoms with Crippen molar-refractivity contribution in [2.75, 3.05) is 12.3 Å². The molecule has 5 N–H and O–H groups in total. The van der Waals surface area contributed by atoms with Gasteiger partial charge in [-0.2, -0.15) is 12.6 Å². The number of ketones is 1. The third kappa shape index (κ3) is 7.06. The summed E-state index contributed by atoms with van der Waals surface area (Å²) in [5, 5.41) is 2.60. The minimum atomic E-state index is -1.56. The predicted molar refractivity (Wildman–Crippen MR) is 120 cm³/mol. The van der Waals surface area contributed by atoms with Crippen molar-refractivity contribution < 1.29 is 19.2 Å². The molecule has 8 nitrogen and oxygen atoms in total. The molecule has 1 aliphatic carbocycles. The first kappa shape index (κ1) is 26.6. The Morgan fingerprint density at radius 3 is 2.37 bits per heavy atom. The molecular weight excluding hydrogens is 404 g/mol. The molecule has 0 bridgehead atoms. The van der Waals surface area contributed by atoms with Gasteiger partial charge in [0.15, 0.2) is 17.6 Å². The fourth-order valence-electron chi connectivity index (χ4n) is 3.92. The van der Waals surface area contributed by atoms with Crippen LogP contribution in [0.4, 0.5) is 0 Å². The number of carbonyl (C=O) groups is 4. The summed E-state index contributed by atoms with van der Waals surface area (Å²) in [5.74, 6) is -1.06. The molecule has 1 aliphatic rings. The SMILES string of the molecule is C[C@H](NC(=O)[C@@H](N)CS)C(=O)N(C1CCCCC1)[C@@](C)(C=O)C(=O)CCCCCN. The number of nitrogens with two attached hydrogens (primary N) is 2. The molecule has 0 aliphatic heterocycles. The van der Waals surface area contributed by atoms with Gasteiger partial charge < -0.3 is 26.5 Å². The minimum absolute atomic E-state index is 0.145. The predicted octanol–water partition coefficient (Wildman–Crippen LogP) is 0.955. The lowest BCUT2D eigenvalue weighted by atomic mass is 9.85. The van der Waals surface area contributed by atoms with E-state index in [0.29, 0.717) is 19.3 Å². The zero-order valence-electron chi connectivity index (χ0n) is 18.3. The lowest BCUT2D eigenvalue weighted by Crippen LogP contribution is -2.64. The van der Waals surface area contributed by atoms with Gasteiger partial charge in [-0.25, -0.2) is 0 Å². The summed E-state index contributed by atoms with van der Waals surface area (Å²) >= 11 is 4.01. The van der Waals surface area contributed by atoms with Crippen LogP contribution in [-0.2, 0) is 19.2 Å². The second-order valence-corrected chi connectivity index (χ2v) is 8.67. The number of rotatable bonds is 13. The number of unbranched alkanes of at least 4 members (excludes halogenated alkanes) is 2. The molecular formula is C21H38N4O4S. The van der Waals surface area contributed by atoms with Crippen molar-refractivity contribution in [2.45, 2.75) is 95.3 Å². The number of nitrogens with zero attached hydrogens (tertiary/aromatic N) is 1. The summed E-state index contributed by atoms with van der Waals surface area (Å²) in [6, 6.07) is -1.96. The molecule has 172 valence electrons. The van der Waals surface area contributed by atoms with Gasteiger partial charge in [0, 0.05) is 18.2 Å². The van der Waals surface area contributed by atoms with Crippen LogP contribution in [-0.4, -0.2) is 64.7 Å². The lowest BCUT2D eigenvalue weighted by Gasteiger charge is -2.44. The van der Waals surface area contributed by atoms with Crippen LogP contribution in [0.1, 0.15) is 71.6 Å². The quantitative estimate of drug-likeness (QED) is 0.145. The van der Waals surface area contributed by atoms with Crippen LogP contribution in [0.2, 0.25) is 0 Å². The van der Waals surface area contributed by atoms with Gasteiger partial charge in [-0.15, -0.1) is 0 Å². The highest BCUT2D eigenvalue weighted by Crippen LogP contribution is 2.30. The molecule has 0 radical (unpaired) electrons. The molecule has 1 fully saturated rings. The molecule has 0 unspecified atom stereocenters. The molecule has 0 heterocycles. The number of amides is 2. The van der Waals surface area contributed by atoms with E-state index in [2.05, 4.69) is 17.9 Å². The minimum Gasteiger partial charge on any atom is -0.343 e. The van der Waals surface area contributed by atoms with E-state index in [1.807, 2.05) is 0 Å². The summed E-state index contributed by atoms with van der Waals surface area (Å²) in [7, 11) is 0. The topological polar surface area (TPSA) is 136 Å². The Kier molecular flexibility index (Phi) is 11.6. The van der Waals surface area contributed by atoms with Crippen LogP contribution in [0.25, 0.3) is 0 Å². The van der Waals surface area contributed by atoms with Gasteiger partial charge in [-0.1, -0.05) is 25.7 Å². The third-order valence-electron chi connectivity index (χ3n) is 5.84. The summed E-state index contributed by atoms with van der Waals surface area (Å²) in [5.41, 5.74) is 9.63. The zero-order valence-corrected chi connectivity index (χ0v) is 19.2. The van der Waals surface area contributed by atoms with Crippen LogP contribution in [0.15, 0.2) is 0 Å². The molecule has 0 aromatic heterocycles. The fourth-order valence-corrected chi connectivity index (χ4v) is 4.08. The summed E-state index contributed by atoms with van der Waals surface area (Å²) < 4.78 is 0. The number of nitrogens with one attached hydrogen (secondary N) is 1. The maximum absolute atomic E-state index is 13.4. The number of hydrogen-bond donors (Lipinski definition) is 4. The molecule has 0 aromatic carbocycles. The standard InChI is InChI=1S/C21H38N4O4S/c1-15(24-19(28)17(23)13-30)20(29)25(16-9-5-3-6-10-16)21(2,14-26)18(27)11-7-4-8-12-22/h14-17,30H,3-13,22-23H2,1-2H3,(H,24,28)/t15-,17-,21-/m0/s1. The van der Waals surface area contributed by atoms with Gasteiger partial charge >= 0.3 is 0 Å². The first-order valence-electron chi connectivity index (χ1n) is 10.9. The Morgan fingerprint density at radius 1 is 1.20 bits per heavy atom. The molecule has 3 atom stereocenters. The number of carbonyl (C=O) groups excluding carboxylic acids is 4. The van der Waals surface area contributed by atoms with E-state index in [9.17, 15) is 19.2 Å².